The average Bonchev–Trinajstić information content (AvgIpc) is 2.83. The van der Waals surface area contributed by atoms with Crippen molar-refractivity contribution in [2.45, 2.75) is 13.1 Å². The molecule has 0 fully saturated rings. The third-order valence-corrected chi connectivity index (χ3v) is 3.36. The van der Waals surface area contributed by atoms with Crippen molar-refractivity contribution in [2.75, 3.05) is 0 Å². The van der Waals surface area contributed by atoms with Gasteiger partial charge in [0.05, 0.1) is 5.69 Å². The Morgan fingerprint density at radius 3 is 2.74 bits per heavy atom. The van der Waals surface area contributed by atoms with Crippen molar-refractivity contribution in [3.63, 3.8) is 0 Å². The second-order valence-corrected chi connectivity index (χ2v) is 4.80. The van der Waals surface area contributed by atoms with Gasteiger partial charge in [-0.15, -0.1) is 0 Å². The largest absolute Gasteiger partial charge is 0.307 e. The summed E-state index contributed by atoms with van der Waals surface area (Å²) in [5.74, 6) is 0. The second kappa shape index (κ2) is 5.43. The summed E-state index contributed by atoms with van der Waals surface area (Å²) in [6.45, 7) is 1.47. The first-order chi connectivity index (χ1) is 9.33. The lowest BCUT2D eigenvalue weighted by Gasteiger charge is -2.04. The van der Waals surface area contributed by atoms with Crippen LogP contribution in [0.25, 0.3) is 5.65 Å². The van der Waals surface area contributed by atoms with Crippen LogP contribution in [0.3, 0.4) is 0 Å². The van der Waals surface area contributed by atoms with Crippen molar-refractivity contribution >= 4 is 17.2 Å². The van der Waals surface area contributed by atoms with Crippen LogP contribution in [0.5, 0.6) is 0 Å². The number of rotatable bonds is 4. The minimum absolute atomic E-state index is 0.729. The van der Waals surface area contributed by atoms with E-state index in [-0.39, 0.29) is 0 Å². The second-order valence-electron chi connectivity index (χ2n) is 4.39. The molecule has 2 aromatic heterocycles. The first kappa shape index (κ1) is 12.2. The maximum absolute atomic E-state index is 6.11. The Hall–Kier alpha value is -1.84. The van der Waals surface area contributed by atoms with Crippen molar-refractivity contribution in [3.05, 3.63) is 71.1 Å². The van der Waals surface area contributed by atoms with Gasteiger partial charge in [-0.2, -0.15) is 0 Å². The highest BCUT2D eigenvalue weighted by atomic mass is 35.5. The smallest absolute Gasteiger partial charge is 0.137 e. The molecule has 0 aliphatic rings. The summed E-state index contributed by atoms with van der Waals surface area (Å²) in [6.07, 6.45) is 4.04. The number of nitrogens with zero attached hydrogens (tertiary/aromatic N) is 2. The monoisotopic (exact) mass is 271 g/mol. The Labute approximate surface area is 116 Å². The summed E-state index contributed by atoms with van der Waals surface area (Å²) in [5, 5.41) is 4.16. The Morgan fingerprint density at radius 1 is 1.05 bits per heavy atom. The van der Waals surface area contributed by atoms with Gasteiger partial charge in [-0.25, -0.2) is 4.98 Å². The van der Waals surface area contributed by atoms with Gasteiger partial charge in [0.2, 0.25) is 0 Å². The van der Waals surface area contributed by atoms with Crippen molar-refractivity contribution in [2.24, 2.45) is 0 Å². The lowest BCUT2D eigenvalue weighted by Crippen LogP contribution is -2.13. The zero-order chi connectivity index (χ0) is 13.1. The third kappa shape index (κ3) is 2.78. The summed E-state index contributed by atoms with van der Waals surface area (Å²) in [6, 6.07) is 13.8. The number of hydrogen-bond acceptors (Lipinski definition) is 2. The number of hydrogen-bond donors (Lipinski definition) is 1. The number of benzene rings is 1. The van der Waals surface area contributed by atoms with E-state index in [4.69, 9.17) is 11.6 Å². The molecule has 0 radical (unpaired) electrons. The van der Waals surface area contributed by atoms with Gasteiger partial charge in [-0.05, 0) is 23.8 Å². The molecule has 3 nitrogen and oxygen atoms in total. The van der Waals surface area contributed by atoms with E-state index in [2.05, 4.69) is 10.3 Å². The molecule has 0 saturated carbocycles. The van der Waals surface area contributed by atoms with Crippen LogP contribution in [-0.4, -0.2) is 9.38 Å². The van der Waals surface area contributed by atoms with Crippen molar-refractivity contribution < 1.29 is 0 Å². The number of imidazole rings is 1. The Bertz CT molecular complexity index is 657. The van der Waals surface area contributed by atoms with Gasteiger partial charge >= 0.3 is 0 Å². The molecule has 3 rings (SSSR count). The van der Waals surface area contributed by atoms with Gasteiger partial charge in [-0.1, -0.05) is 35.9 Å². The van der Waals surface area contributed by atoms with Crippen LogP contribution in [-0.2, 0) is 13.1 Å². The van der Waals surface area contributed by atoms with Crippen LogP contribution in [0.1, 0.15) is 11.3 Å². The fourth-order valence-corrected chi connectivity index (χ4v) is 2.24. The van der Waals surface area contributed by atoms with E-state index in [9.17, 15) is 0 Å². The van der Waals surface area contributed by atoms with Crippen molar-refractivity contribution in [1.82, 2.24) is 14.7 Å². The number of nitrogens with one attached hydrogen (secondary N) is 1. The fraction of sp³-hybridized carbons (Fsp3) is 0.133. The number of fused-ring (bicyclic) bond motifs is 1. The van der Waals surface area contributed by atoms with E-state index in [0.717, 1.165) is 35.0 Å². The van der Waals surface area contributed by atoms with Gasteiger partial charge in [-0.3, -0.25) is 0 Å². The summed E-state index contributed by atoms with van der Waals surface area (Å²) >= 11 is 6.11. The number of halogens is 1. The van der Waals surface area contributed by atoms with E-state index >= 15 is 0 Å². The van der Waals surface area contributed by atoms with Crippen LogP contribution < -0.4 is 5.32 Å². The van der Waals surface area contributed by atoms with Gasteiger partial charge in [0.15, 0.2) is 0 Å². The Kier molecular flexibility index (Phi) is 3.49. The lowest BCUT2D eigenvalue weighted by atomic mass is 10.2. The van der Waals surface area contributed by atoms with Crippen molar-refractivity contribution in [3.8, 4) is 0 Å². The van der Waals surface area contributed by atoms with Crippen LogP contribution in [0.2, 0.25) is 5.02 Å². The van der Waals surface area contributed by atoms with E-state index in [0.29, 0.717) is 0 Å². The van der Waals surface area contributed by atoms with Gasteiger partial charge in [0, 0.05) is 30.5 Å². The van der Waals surface area contributed by atoms with Crippen LogP contribution in [0, 0.1) is 0 Å². The van der Waals surface area contributed by atoms with Gasteiger partial charge in [0.1, 0.15) is 5.65 Å². The summed E-state index contributed by atoms with van der Waals surface area (Å²) in [5.41, 5.74) is 3.10. The molecule has 0 spiro atoms. The highest BCUT2D eigenvalue weighted by molar-refractivity contribution is 6.31. The highest BCUT2D eigenvalue weighted by Gasteiger charge is 2.02. The molecule has 0 aliphatic carbocycles. The lowest BCUT2D eigenvalue weighted by molar-refractivity contribution is 0.683. The molecular formula is C15H14ClN3. The van der Waals surface area contributed by atoms with E-state index < -0.39 is 0 Å². The third-order valence-electron chi connectivity index (χ3n) is 2.99. The van der Waals surface area contributed by atoms with Crippen LogP contribution >= 0.6 is 11.6 Å². The predicted octanol–water partition coefficient (Wildman–Crippen LogP) is 3.28. The normalized spacial score (nSPS) is 11.0. The number of aromatic nitrogens is 2. The molecule has 2 heterocycles. The SMILES string of the molecule is Clc1ccccc1CNCc1cn2ccccc2n1. The first-order valence-corrected chi connectivity index (χ1v) is 6.57. The van der Waals surface area contributed by atoms with Crippen molar-refractivity contribution in [1.29, 1.82) is 0 Å². The fourth-order valence-electron chi connectivity index (χ4n) is 2.04. The minimum atomic E-state index is 0.729. The summed E-state index contributed by atoms with van der Waals surface area (Å²) < 4.78 is 2.02. The van der Waals surface area contributed by atoms with Gasteiger partial charge in [0.25, 0.3) is 0 Å². The molecular weight excluding hydrogens is 258 g/mol. The summed E-state index contributed by atoms with van der Waals surface area (Å²) in [4.78, 5) is 4.53. The molecule has 0 bridgehead atoms. The molecule has 3 aromatic rings. The molecule has 1 N–H and O–H groups in total. The van der Waals surface area contributed by atoms with E-state index in [1.54, 1.807) is 0 Å². The maximum atomic E-state index is 6.11. The minimum Gasteiger partial charge on any atom is -0.307 e. The average molecular weight is 272 g/mol. The standard InChI is InChI=1S/C15H14ClN3/c16-14-6-2-1-5-12(14)9-17-10-13-11-19-8-4-3-7-15(19)18-13/h1-8,11,17H,9-10H2. The zero-order valence-corrected chi connectivity index (χ0v) is 11.1. The molecule has 19 heavy (non-hydrogen) atoms. The molecule has 0 aliphatic heterocycles. The molecule has 0 atom stereocenters. The van der Waals surface area contributed by atoms with E-state index in [1.807, 2.05) is 59.3 Å². The predicted molar refractivity (Wildman–Crippen MR) is 77.2 cm³/mol. The molecule has 0 saturated heterocycles. The Balaban J connectivity index is 1.65. The Morgan fingerprint density at radius 2 is 1.89 bits per heavy atom. The molecule has 0 unspecified atom stereocenters. The molecule has 4 heteroatoms. The topological polar surface area (TPSA) is 29.3 Å². The zero-order valence-electron chi connectivity index (χ0n) is 10.4. The quantitative estimate of drug-likeness (QED) is 0.789. The van der Waals surface area contributed by atoms with E-state index in [1.165, 1.54) is 0 Å². The molecule has 96 valence electrons. The number of pyridine rings is 1. The van der Waals surface area contributed by atoms with Crippen LogP contribution in [0.15, 0.2) is 54.9 Å². The molecule has 0 amide bonds. The first-order valence-electron chi connectivity index (χ1n) is 6.20. The highest BCUT2D eigenvalue weighted by Crippen LogP contribution is 2.14. The maximum Gasteiger partial charge on any atom is 0.137 e. The summed E-state index contributed by atoms with van der Waals surface area (Å²) in [7, 11) is 0. The molecule has 1 aromatic carbocycles. The van der Waals surface area contributed by atoms with Crippen LogP contribution in [0.4, 0.5) is 0 Å². The van der Waals surface area contributed by atoms with Gasteiger partial charge < -0.3 is 9.72 Å².